The topological polar surface area (TPSA) is 67.2 Å². The number of para-hydroxylation sites is 1. The summed E-state index contributed by atoms with van der Waals surface area (Å²) in [5.41, 5.74) is 2.59. The summed E-state index contributed by atoms with van der Waals surface area (Å²) in [6, 6.07) is 21.4. The first-order chi connectivity index (χ1) is 17.0. The third kappa shape index (κ3) is 7.81. The van der Waals surface area contributed by atoms with Gasteiger partial charge in [-0.25, -0.2) is 4.68 Å². The molecule has 0 radical (unpaired) electrons. The molecule has 0 spiro atoms. The molecule has 0 aliphatic carbocycles. The molecule has 0 fully saturated rings. The fourth-order valence-corrected chi connectivity index (χ4v) is 4.08. The molecule has 0 atom stereocenters. The van der Waals surface area contributed by atoms with E-state index in [1.807, 2.05) is 80.6 Å². The standard InChI is InChI=1S/C29H38N4O2/c1-4-5-6-7-8-15-20-29(35)32(23(2)3)22-28(34)30-27-21-26(24-16-11-9-12-17-24)31-33(27)25-18-13-10-14-19-25/h9-14,16-19,21,23H,4-8,15,20,22H2,1-3H3,(H,30,34). The number of carbonyl (C=O) groups is 2. The maximum absolute atomic E-state index is 13.1. The summed E-state index contributed by atoms with van der Waals surface area (Å²) in [7, 11) is 0. The molecule has 3 aromatic rings. The van der Waals surface area contributed by atoms with Gasteiger partial charge in [0.1, 0.15) is 12.4 Å². The van der Waals surface area contributed by atoms with Crippen LogP contribution >= 0.6 is 0 Å². The summed E-state index contributed by atoms with van der Waals surface area (Å²) in [5.74, 6) is 0.381. The Morgan fingerprint density at radius 2 is 1.54 bits per heavy atom. The lowest BCUT2D eigenvalue weighted by Gasteiger charge is -2.26. The highest BCUT2D eigenvalue weighted by atomic mass is 16.2. The molecule has 6 nitrogen and oxygen atoms in total. The number of unbranched alkanes of at least 4 members (excludes halogenated alkanes) is 5. The molecule has 0 saturated carbocycles. The molecule has 0 bridgehead atoms. The van der Waals surface area contributed by atoms with Crippen LogP contribution in [0, 0.1) is 0 Å². The van der Waals surface area contributed by atoms with Crippen molar-refractivity contribution in [1.82, 2.24) is 14.7 Å². The number of nitrogens with one attached hydrogen (secondary N) is 1. The minimum atomic E-state index is -0.230. The summed E-state index contributed by atoms with van der Waals surface area (Å²) >= 11 is 0. The number of hydrogen-bond donors (Lipinski definition) is 1. The number of amides is 2. The van der Waals surface area contributed by atoms with E-state index in [0.717, 1.165) is 36.2 Å². The van der Waals surface area contributed by atoms with Crippen molar-refractivity contribution < 1.29 is 9.59 Å². The first-order valence-electron chi connectivity index (χ1n) is 12.8. The lowest BCUT2D eigenvalue weighted by Crippen LogP contribution is -2.42. The van der Waals surface area contributed by atoms with E-state index < -0.39 is 0 Å². The van der Waals surface area contributed by atoms with Gasteiger partial charge in [-0.05, 0) is 32.4 Å². The van der Waals surface area contributed by atoms with Gasteiger partial charge in [0.25, 0.3) is 0 Å². The molecule has 0 aliphatic rings. The highest BCUT2D eigenvalue weighted by molar-refractivity contribution is 5.94. The minimum absolute atomic E-state index is 0.0208. The van der Waals surface area contributed by atoms with Crippen molar-refractivity contribution in [3.8, 4) is 16.9 Å². The van der Waals surface area contributed by atoms with E-state index in [9.17, 15) is 9.59 Å². The lowest BCUT2D eigenvalue weighted by molar-refractivity contribution is -0.136. The van der Waals surface area contributed by atoms with E-state index in [-0.39, 0.29) is 24.4 Å². The Morgan fingerprint density at radius 1 is 0.914 bits per heavy atom. The Bertz CT molecular complexity index is 1060. The van der Waals surface area contributed by atoms with Gasteiger partial charge in [0, 0.05) is 24.1 Å². The van der Waals surface area contributed by atoms with Crippen molar-refractivity contribution in [3.05, 3.63) is 66.7 Å². The van der Waals surface area contributed by atoms with Gasteiger partial charge >= 0.3 is 0 Å². The summed E-state index contributed by atoms with van der Waals surface area (Å²) < 4.78 is 1.73. The van der Waals surface area contributed by atoms with Crippen molar-refractivity contribution >= 4 is 17.6 Å². The van der Waals surface area contributed by atoms with Gasteiger partial charge in [-0.2, -0.15) is 5.10 Å². The van der Waals surface area contributed by atoms with Crippen LogP contribution < -0.4 is 5.32 Å². The maximum Gasteiger partial charge on any atom is 0.245 e. The first-order valence-corrected chi connectivity index (χ1v) is 12.8. The van der Waals surface area contributed by atoms with E-state index in [1.165, 1.54) is 19.3 Å². The molecule has 35 heavy (non-hydrogen) atoms. The zero-order chi connectivity index (χ0) is 25.0. The van der Waals surface area contributed by atoms with Crippen molar-refractivity contribution in [3.63, 3.8) is 0 Å². The molecule has 0 unspecified atom stereocenters. The van der Waals surface area contributed by atoms with Crippen LogP contribution in [0.15, 0.2) is 66.7 Å². The van der Waals surface area contributed by atoms with Crippen LogP contribution in [-0.4, -0.2) is 39.1 Å². The SMILES string of the molecule is CCCCCCCCC(=O)N(CC(=O)Nc1cc(-c2ccccc2)nn1-c1ccccc1)C(C)C. The Kier molecular flexibility index (Phi) is 10.1. The van der Waals surface area contributed by atoms with E-state index in [2.05, 4.69) is 12.2 Å². The van der Waals surface area contributed by atoms with E-state index in [1.54, 1.807) is 9.58 Å². The number of rotatable bonds is 13. The molecule has 3 rings (SSSR count). The number of anilines is 1. The molecule has 2 amide bonds. The third-order valence-electron chi connectivity index (χ3n) is 6.05. The number of hydrogen-bond acceptors (Lipinski definition) is 3. The predicted octanol–water partition coefficient (Wildman–Crippen LogP) is 6.47. The second kappa shape index (κ2) is 13.5. The first kappa shape index (κ1) is 26.2. The van der Waals surface area contributed by atoms with Gasteiger partial charge in [0.05, 0.1) is 11.4 Å². The lowest BCUT2D eigenvalue weighted by atomic mass is 10.1. The largest absolute Gasteiger partial charge is 0.331 e. The zero-order valence-electron chi connectivity index (χ0n) is 21.2. The summed E-state index contributed by atoms with van der Waals surface area (Å²) in [6.45, 7) is 6.12. The fourth-order valence-electron chi connectivity index (χ4n) is 4.08. The van der Waals surface area contributed by atoms with Gasteiger partial charge in [0.2, 0.25) is 11.8 Å². The van der Waals surface area contributed by atoms with Crippen LogP contribution in [0.5, 0.6) is 0 Å². The van der Waals surface area contributed by atoms with Crippen LogP contribution in [-0.2, 0) is 9.59 Å². The van der Waals surface area contributed by atoms with Gasteiger partial charge in [-0.3, -0.25) is 9.59 Å². The second-order valence-corrected chi connectivity index (χ2v) is 9.21. The van der Waals surface area contributed by atoms with Gasteiger partial charge < -0.3 is 10.2 Å². The quantitative estimate of drug-likeness (QED) is 0.289. The molecule has 0 aliphatic heterocycles. The average Bonchev–Trinajstić information content (AvgIpc) is 3.29. The highest BCUT2D eigenvalue weighted by Crippen LogP contribution is 2.24. The van der Waals surface area contributed by atoms with Gasteiger partial charge in [-0.1, -0.05) is 87.6 Å². The van der Waals surface area contributed by atoms with Crippen LogP contribution in [0.4, 0.5) is 5.82 Å². The fraction of sp³-hybridized carbons (Fsp3) is 0.414. The van der Waals surface area contributed by atoms with Crippen molar-refractivity contribution in [1.29, 1.82) is 0 Å². The van der Waals surface area contributed by atoms with Gasteiger partial charge in [-0.15, -0.1) is 0 Å². The van der Waals surface area contributed by atoms with Crippen molar-refractivity contribution in [2.24, 2.45) is 0 Å². The predicted molar refractivity (Wildman–Crippen MR) is 142 cm³/mol. The summed E-state index contributed by atoms with van der Waals surface area (Å²) in [4.78, 5) is 27.6. The zero-order valence-corrected chi connectivity index (χ0v) is 21.2. The normalized spacial score (nSPS) is 11.0. The van der Waals surface area contributed by atoms with Crippen LogP contribution in [0.2, 0.25) is 0 Å². The number of aromatic nitrogens is 2. The Labute approximate surface area is 209 Å². The number of nitrogens with zero attached hydrogens (tertiary/aromatic N) is 3. The molecular formula is C29H38N4O2. The minimum Gasteiger partial charge on any atom is -0.331 e. The van der Waals surface area contributed by atoms with Crippen molar-refractivity contribution in [2.75, 3.05) is 11.9 Å². The number of benzene rings is 2. The van der Waals surface area contributed by atoms with E-state index in [4.69, 9.17) is 5.10 Å². The molecule has 2 aromatic carbocycles. The van der Waals surface area contributed by atoms with Gasteiger partial charge in [0.15, 0.2) is 0 Å². The summed E-state index contributed by atoms with van der Waals surface area (Å²) in [6.07, 6.45) is 7.26. The molecule has 0 saturated heterocycles. The molecule has 1 heterocycles. The molecule has 186 valence electrons. The molecule has 1 N–H and O–H groups in total. The monoisotopic (exact) mass is 474 g/mol. The van der Waals surface area contributed by atoms with Crippen LogP contribution in [0.1, 0.15) is 65.7 Å². The second-order valence-electron chi connectivity index (χ2n) is 9.21. The van der Waals surface area contributed by atoms with E-state index >= 15 is 0 Å². The van der Waals surface area contributed by atoms with Crippen LogP contribution in [0.3, 0.4) is 0 Å². The smallest absolute Gasteiger partial charge is 0.245 e. The summed E-state index contributed by atoms with van der Waals surface area (Å²) in [5, 5.41) is 7.74. The maximum atomic E-state index is 13.1. The van der Waals surface area contributed by atoms with E-state index in [0.29, 0.717) is 12.2 Å². The number of carbonyl (C=O) groups excluding carboxylic acids is 2. The van der Waals surface area contributed by atoms with Crippen molar-refractivity contribution in [2.45, 2.75) is 71.8 Å². The highest BCUT2D eigenvalue weighted by Gasteiger charge is 2.21. The molecule has 1 aromatic heterocycles. The molecular weight excluding hydrogens is 436 g/mol. The Morgan fingerprint density at radius 3 is 2.20 bits per heavy atom. The third-order valence-corrected chi connectivity index (χ3v) is 6.05. The Balaban J connectivity index is 1.69. The average molecular weight is 475 g/mol. The van der Waals surface area contributed by atoms with Crippen LogP contribution in [0.25, 0.3) is 16.9 Å². The molecule has 6 heteroatoms. The Hall–Kier alpha value is -3.41.